The molecule has 2 saturated carbocycles. The molecule has 2 aromatic rings. The summed E-state index contributed by atoms with van der Waals surface area (Å²) >= 11 is 0. The monoisotopic (exact) mass is 602 g/mol. The van der Waals surface area contributed by atoms with E-state index in [4.69, 9.17) is 4.74 Å². The zero-order valence-electron chi connectivity index (χ0n) is 25.5. The van der Waals surface area contributed by atoms with Crippen LogP contribution in [-0.2, 0) is 12.8 Å². The maximum absolute atomic E-state index is 14.9. The standard InChI is InChI=1S/C37H47F5O/c1-3-5-6-26-7-9-27(10-8-26)11-12-28-13-15-29(16-14-28)17-19-30-20-21-31(37(42)35(30)40)36(41)33(39)24-43-34-22-18-25(4-2)23-32(34)38/h3,11-12,18,20-23,26-29,33,36H,1,4-10,13-17,19,24H2,2H3. The summed E-state index contributed by atoms with van der Waals surface area (Å²) in [6, 6.07) is 6.73. The van der Waals surface area contributed by atoms with Gasteiger partial charge in [-0.2, -0.15) is 0 Å². The molecular weight excluding hydrogens is 555 g/mol. The molecule has 2 aliphatic rings. The van der Waals surface area contributed by atoms with Crippen LogP contribution in [-0.4, -0.2) is 12.8 Å². The molecule has 236 valence electrons. The van der Waals surface area contributed by atoms with Crippen molar-refractivity contribution in [3.05, 3.63) is 89.3 Å². The molecule has 2 atom stereocenters. The average Bonchev–Trinajstić information content (AvgIpc) is 3.03. The van der Waals surface area contributed by atoms with Crippen molar-refractivity contribution in [1.29, 1.82) is 0 Å². The van der Waals surface area contributed by atoms with Crippen molar-refractivity contribution in [1.82, 2.24) is 0 Å². The summed E-state index contributed by atoms with van der Waals surface area (Å²) in [6.45, 7) is 4.88. The summed E-state index contributed by atoms with van der Waals surface area (Å²) in [5.41, 5.74) is 0.242. The summed E-state index contributed by atoms with van der Waals surface area (Å²) in [5, 5.41) is 0. The Bertz CT molecular complexity index is 1190. The fourth-order valence-corrected chi connectivity index (χ4v) is 6.71. The maximum atomic E-state index is 14.9. The van der Waals surface area contributed by atoms with Crippen LogP contribution < -0.4 is 4.74 Å². The van der Waals surface area contributed by atoms with Gasteiger partial charge in [-0.05, 0) is 130 Å². The zero-order chi connectivity index (χ0) is 30.8. The largest absolute Gasteiger partial charge is 0.487 e. The van der Waals surface area contributed by atoms with Crippen molar-refractivity contribution in [3.8, 4) is 5.75 Å². The van der Waals surface area contributed by atoms with Crippen molar-refractivity contribution in [2.24, 2.45) is 23.7 Å². The lowest BCUT2D eigenvalue weighted by Crippen LogP contribution is -2.21. The van der Waals surface area contributed by atoms with Gasteiger partial charge >= 0.3 is 0 Å². The van der Waals surface area contributed by atoms with E-state index in [2.05, 4.69) is 18.7 Å². The second kappa shape index (κ2) is 16.4. The molecule has 0 radical (unpaired) electrons. The molecular formula is C37H47F5O. The van der Waals surface area contributed by atoms with Gasteiger partial charge in [0.05, 0.1) is 0 Å². The highest BCUT2D eigenvalue weighted by Crippen LogP contribution is 2.36. The van der Waals surface area contributed by atoms with Gasteiger partial charge in [0.2, 0.25) is 0 Å². The van der Waals surface area contributed by atoms with E-state index in [0.717, 1.165) is 56.1 Å². The molecule has 2 fully saturated rings. The molecule has 2 aromatic carbocycles. The highest BCUT2D eigenvalue weighted by Gasteiger charge is 2.29. The topological polar surface area (TPSA) is 9.23 Å². The first-order valence-electron chi connectivity index (χ1n) is 16.2. The average molecular weight is 603 g/mol. The van der Waals surface area contributed by atoms with Crippen LogP contribution in [0.15, 0.2) is 55.1 Å². The smallest absolute Gasteiger partial charge is 0.169 e. The number of ether oxygens (including phenoxy) is 1. The van der Waals surface area contributed by atoms with Crippen LogP contribution in [0.1, 0.15) is 100 Å². The quantitative estimate of drug-likeness (QED) is 0.154. The molecule has 0 amide bonds. The lowest BCUT2D eigenvalue weighted by Gasteiger charge is -2.29. The summed E-state index contributed by atoms with van der Waals surface area (Å²) in [6.07, 6.45) is 15.8. The third-order valence-electron chi connectivity index (χ3n) is 9.65. The number of halogens is 5. The lowest BCUT2D eigenvalue weighted by molar-refractivity contribution is 0.104. The highest BCUT2D eigenvalue weighted by atomic mass is 19.2. The highest BCUT2D eigenvalue weighted by molar-refractivity contribution is 5.30. The van der Waals surface area contributed by atoms with Crippen LogP contribution in [0.3, 0.4) is 0 Å². The zero-order valence-corrected chi connectivity index (χ0v) is 25.5. The number of aryl methyl sites for hydroxylation is 2. The van der Waals surface area contributed by atoms with Crippen LogP contribution in [0.2, 0.25) is 0 Å². The van der Waals surface area contributed by atoms with Crippen LogP contribution in [0.4, 0.5) is 22.0 Å². The molecule has 0 aromatic heterocycles. The number of hydrogen-bond acceptors (Lipinski definition) is 1. The third kappa shape index (κ3) is 9.43. The molecule has 1 nitrogen and oxygen atoms in total. The minimum Gasteiger partial charge on any atom is -0.487 e. The van der Waals surface area contributed by atoms with Crippen molar-refractivity contribution >= 4 is 0 Å². The van der Waals surface area contributed by atoms with Gasteiger partial charge in [-0.25, -0.2) is 22.0 Å². The number of hydrogen-bond donors (Lipinski definition) is 0. The van der Waals surface area contributed by atoms with Crippen LogP contribution in [0, 0.1) is 41.1 Å². The van der Waals surface area contributed by atoms with Gasteiger partial charge in [-0.3, -0.25) is 0 Å². The van der Waals surface area contributed by atoms with Crippen molar-refractivity contribution in [3.63, 3.8) is 0 Å². The van der Waals surface area contributed by atoms with Crippen LogP contribution in [0.5, 0.6) is 5.75 Å². The van der Waals surface area contributed by atoms with Gasteiger partial charge in [0.15, 0.2) is 35.5 Å². The number of rotatable bonds is 14. The van der Waals surface area contributed by atoms with Gasteiger partial charge < -0.3 is 4.74 Å². The maximum Gasteiger partial charge on any atom is 0.169 e. The number of alkyl halides is 2. The summed E-state index contributed by atoms with van der Waals surface area (Å²) in [4.78, 5) is 0. The SMILES string of the molecule is C=CCCC1CCC(C=CC2CCC(CCc3ccc(C(F)C(F)COc4ccc(CC)cc4F)c(F)c3F)CC2)CC1. The Morgan fingerprint density at radius 2 is 1.47 bits per heavy atom. The van der Waals surface area contributed by atoms with Crippen molar-refractivity contribution < 1.29 is 26.7 Å². The van der Waals surface area contributed by atoms with Crippen LogP contribution in [0.25, 0.3) is 0 Å². The Morgan fingerprint density at radius 1 is 0.837 bits per heavy atom. The van der Waals surface area contributed by atoms with E-state index < -0.39 is 42.0 Å². The summed E-state index contributed by atoms with van der Waals surface area (Å²) < 4.78 is 78.3. The molecule has 4 rings (SSSR count). The predicted molar refractivity (Wildman–Crippen MR) is 164 cm³/mol. The molecule has 0 N–H and O–H groups in total. The molecule has 2 aliphatic carbocycles. The third-order valence-corrected chi connectivity index (χ3v) is 9.65. The van der Waals surface area contributed by atoms with Gasteiger partial charge in [-0.15, -0.1) is 6.58 Å². The Hall–Kier alpha value is -2.63. The van der Waals surface area contributed by atoms with E-state index in [0.29, 0.717) is 30.6 Å². The molecule has 0 bridgehead atoms. The molecule has 0 aliphatic heterocycles. The van der Waals surface area contributed by atoms with Crippen molar-refractivity contribution in [2.75, 3.05) is 6.61 Å². The van der Waals surface area contributed by atoms with Crippen LogP contribution >= 0.6 is 0 Å². The first-order chi connectivity index (χ1) is 20.8. The Morgan fingerprint density at radius 3 is 2.05 bits per heavy atom. The first kappa shape index (κ1) is 33.3. The summed E-state index contributed by atoms with van der Waals surface area (Å²) in [5.74, 6) is -0.788. The number of benzene rings is 2. The molecule has 0 spiro atoms. The lowest BCUT2D eigenvalue weighted by atomic mass is 9.77. The normalized spacial score (nSPS) is 24.1. The Balaban J connectivity index is 1.20. The van der Waals surface area contributed by atoms with Gasteiger partial charge in [-0.1, -0.05) is 43.4 Å². The minimum atomic E-state index is -2.43. The Kier molecular flexibility index (Phi) is 12.7. The molecule has 0 heterocycles. The predicted octanol–water partition coefficient (Wildman–Crippen LogP) is 11.2. The van der Waals surface area contributed by atoms with E-state index in [-0.39, 0.29) is 11.3 Å². The van der Waals surface area contributed by atoms with E-state index in [1.54, 1.807) is 6.07 Å². The molecule has 43 heavy (non-hydrogen) atoms. The minimum absolute atomic E-state index is 0.184. The van der Waals surface area contributed by atoms with E-state index >= 15 is 0 Å². The van der Waals surface area contributed by atoms with Gasteiger partial charge in [0, 0.05) is 5.56 Å². The second-order valence-corrected chi connectivity index (χ2v) is 12.6. The number of allylic oxidation sites excluding steroid dienone is 3. The van der Waals surface area contributed by atoms with E-state index in [9.17, 15) is 22.0 Å². The Labute approximate surface area is 254 Å². The van der Waals surface area contributed by atoms with Gasteiger partial charge in [0.25, 0.3) is 0 Å². The fourth-order valence-electron chi connectivity index (χ4n) is 6.71. The first-order valence-corrected chi connectivity index (χ1v) is 16.2. The molecule has 2 unspecified atom stereocenters. The van der Waals surface area contributed by atoms with E-state index in [1.165, 1.54) is 50.3 Å². The van der Waals surface area contributed by atoms with Gasteiger partial charge in [0.1, 0.15) is 6.61 Å². The second-order valence-electron chi connectivity index (χ2n) is 12.6. The van der Waals surface area contributed by atoms with Crippen molar-refractivity contribution in [2.45, 2.75) is 103 Å². The summed E-state index contributed by atoms with van der Waals surface area (Å²) in [7, 11) is 0. The molecule has 6 heteroatoms. The molecule has 0 saturated heterocycles. The van der Waals surface area contributed by atoms with E-state index in [1.807, 2.05) is 13.0 Å². The fraction of sp³-hybridized carbons (Fsp3) is 0.568.